The summed E-state index contributed by atoms with van der Waals surface area (Å²) in [4.78, 5) is 12.4. The molecule has 10 nitrogen and oxygen atoms in total. The van der Waals surface area contributed by atoms with Crippen molar-refractivity contribution in [3.8, 4) is 0 Å². The molecule has 0 saturated carbocycles. The van der Waals surface area contributed by atoms with Crippen LogP contribution in [0.15, 0.2) is 62.8 Å². The van der Waals surface area contributed by atoms with Gasteiger partial charge in [0, 0.05) is 30.4 Å². The van der Waals surface area contributed by atoms with Gasteiger partial charge in [0.15, 0.2) is 0 Å². The van der Waals surface area contributed by atoms with Crippen molar-refractivity contribution >= 4 is 58.4 Å². The Hall–Kier alpha value is -2.23. The van der Waals surface area contributed by atoms with E-state index >= 15 is 0 Å². The lowest BCUT2D eigenvalue weighted by atomic mass is 10.2. The van der Waals surface area contributed by atoms with E-state index in [0.717, 1.165) is 21.4 Å². The number of benzene rings is 2. The first-order valence-electron chi connectivity index (χ1n) is 9.99. The van der Waals surface area contributed by atoms with Crippen LogP contribution in [0.1, 0.15) is 17.0 Å². The molecule has 34 heavy (non-hydrogen) atoms. The lowest BCUT2D eigenvalue weighted by Crippen LogP contribution is -2.27. The van der Waals surface area contributed by atoms with Crippen molar-refractivity contribution in [2.24, 2.45) is 0 Å². The van der Waals surface area contributed by atoms with Crippen molar-refractivity contribution in [1.29, 1.82) is 0 Å². The third kappa shape index (κ3) is 7.65. The minimum atomic E-state index is -3.72. The molecular weight excluding hydrogens is 566 g/mol. The summed E-state index contributed by atoms with van der Waals surface area (Å²) >= 11 is 4.36. The molecule has 0 fully saturated rings. The van der Waals surface area contributed by atoms with Gasteiger partial charge in [-0.1, -0.05) is 45.0 Å². The Morgan fingerprint density at radius 1 is 0.882 bits per heavy atom. The Kier molecular flexibility index (Phi) is 8.89. The highest BCUT2D eigenvalue weighted by Crippen LogP contribution is 2.17. The number of hydrogen-bond acceptors (Lipinski definition) is 8. The van der Waals surface area contributed by atoms with Crippen LogP contribution in [0.25, 0.3) is 0 Å². The van der Waals surface area contributed by atoms with Crippen molar-refractivity contribution in [3.63, 3.8) is 0 Å². The molecule has 0 atom stereocenters. The number of nitrogens with zero attached hydrogens (tertiary/aromatic N) is 2. The second-order valence-corrected chi connectivity index (χ2v) is 12.6. The van der Waals surface area contributed by atoms with Crippen LogP contribution >= 0.6 is 27.3 Å². The molecule has 0 aliphatic rings. The lowest BCUT2D eigenvalue weighted by molar-refractivity contribution is -0.116. The summed E-state index contributed by atoms with van der Waals surface area (Å²) in [6.07, 6.45) is 0.201. The molecule has 0 unspecified atom stereocenters. The standard InChI is InChI=1S/C20H22BrN5O5S3/c1-14-2-6-16(7-3-14)33(28,29)23-13-11-19-25-26-20(32-19)24-18(27)10-12-22-34(30,31)17-8-4-15(21)5-9-17/h2-9,22-23H,10-13H2,1H3,(H,24,26,27). The molecule has 3 aromatic rings. The Morgan fingerprint density at radius 3 is 2.06 bits per heavy atom. The number of anilines is 1. The van der Waals surface area contributed by atoms with E-state index in [1.165, 1.54) is 24.3 Å². The van der Waals surface area contributed by atoms with E-state index in [1.54, 1.807) is 24.3 Å². The zero-order chi connectivity index (χ0) is 24.8. The second-order valence-electron chi connectivity index (χ2n) is 7.11. The molecule has 0 aliphatic heterocycles. The molecule has 0 aliphatic carbocycles. The van der Waals surface area contributed by atoms with Crippen LogP contribution in [-0.2, 0) is 31.3 Å². The van der Waals surface area contributed by atoms with E-state index in [0.29, 0.717) is 11.4 Å². The highest BCUT2D eigenvalue weighted by molar-refractivity contribution is 9.10. The molecule has 2 aromatic carbocycles. The van der Waals surface area contributed by atoms with Crippen LogP contribution in [0.4, 0.5) is 5.13 Å². The zero-order valence-electron chi connectivity index (χ0n) is 18.0. The molecule has 3 rings (SSSR count). The van der Waals surface area contributed by atoms with Crippen LogP contribution in [0, 0.1) is 6.92 Å². The Balaban J connectivity index is 1.43. The Labute approximate surface area is 210 Å². The highest BCUT2D eigenvalue weighted by Gasteiger charge is 2.16. The third-order valence-corrected chi connectivity index (χ3v) is 8.82. The van der Waals surface area contributed by atoms with E-state index < -0.39 is 26.0 Å². The van der Waals surface area contributed by atoms with E-state index in [2.05, 4.69) is 40.9 Å². The van der Waals surface area contributed by atoms with E-state index in [-0.39, 0.29) is 34.4 Å². The van der Waals surface area contributed by atoms with Crippen molar-refractivity contribution in [2.75, 3.05) is 18.4 Å². The van der Waals surface area contributed by atoms with Gasteiger partial charge in [0.2, 0.25) is 31.1 Å². The fourth-order valence-electron chi connectivity index (χ4n) is 2.68. The van der Waals surface area contributed by atoms with E-state index in [4.69, 9.17) is 0 Å². The summed E-state index contributed by atoms with van der Waals surface area (Å²) in [5.74, 6) is -0.429. The average Bonchev–Trinajstić information content (AvgIpc) is 3.21. The minimum Gasteiger partial charge on any atom is -0.300 e. The molecule has 0 bridgehead atoms. The first-order valence-corrected chi connectivity index (χ1v) is 14.6. The average molecular weight is 589 g/mol. The summed E-state index contributed by atoms with van der Waals surface area (Å²) in [7, 11) is -7.34. The number of halogens is 1. The quantitative estimate of drug-likeness (QED) is 0.312. The number of aromatic nitrogens is 2. The minimum absolute atomic E-state index is 0.0866. The maximum absolute atomic E-state index is 12.3. The number of nitrogens with one attached hydrogen (secondary N) is 3. The number of carbonyl (C=O) groups is 1. The normalized spacial score (nSPS) is 11.9. The van der Waals surface area contributed by atoms with Gasteiger partial charge in [-0.05, 0) is 43.3 Å². The van der Waals surface area contributed by atoms with Gasteiger partial charge in [-0.2, -0.15) is 0 Å². The maximum Gasteiger partial charge on any atom is 0.240 e. The number of amides is 1. The van der Waals surface area contributed by atoms with Gasteiger partial charge in [-0.15, -0.1) is 10.2 Å². The van der Waals surface area contributed by atoms with E-state index in [1.807, 2.05) is 6.92 Å². The molecule has 0 saturated heterocycles. The zero-order valence-corrected chi connectivity index (χ0v) is 22.0. The van der Waals surface area contributed by atoms with Crippen LogP contribution in [-0.4, -0.2) is 46.0 Å². The molecule has 1 heterocycles. The highest BCUT2D eigenvalue weighted by atomic mass is 79.9. The lowest BCUT2D eigenvalue weighted by Gasteiger charge is -2.06. The molecule has 182 valence electrons. The SMILES string of the molecule is Cc1ccc(S(=O)(=O)NCCc2nnc(NC(=O)CCNS(=O)(=O)c3ccc(Br)cc3)s2)cc1. The van der Waals surface area contributed by atoms with Crippen LogP contribution in [0.5, 0.6) is 0 Å². The summed E-state index contributed by atoms with van der Waals surface area (Å²) in [6, 6.07) is 12.7. The van der Waals surface area contributed by atoms with Gasteiger partial charge in [-0.3, -0.25) is 4.79 Å². The number of aryl methyl sites for hydroxylation is 1. The van der Waals surface area contributed by atoms with E-state index in [9.17, 15) is 21.6 Å². The summed E-state index contributed by atoms with van der Waals surface area (Å²) in [5.41, 5.74) is 0.962. The number of sulfonamides is 2. The third-order valence-electron chi connectivity index (χ3n) is 4.44. The first kappa shape index (κ1) is 26.4. The summed E-state index contributed by atoms with van der Waals surface area (Å²) in [6.45, 7) is 1.91. The molecule has 1 aromatic heterocycles. The van der Waals surface area contributed by atoms with Gasteiger partial charge in [0.1, 0.15) is 5.01 Å². The van der Waals surface area contributed by atoms with Gasteiger partial charge >= 0.3 is 0 Å². The van der Waals surface area contributed by atoms with Crippen LogP contribution in [0.3, 0.4) is 0 Å². The van der Waals surface area contributed by atoms with Gasteiger partial charge in [-0.25, -0.2) is 26.3 Å². The van der Waals surface area contributed by atoms with Gasteiger partial charge in [0.25, 0.3) is 0 Å². The van der Waals surface area contributed by atoms with Crippen molar-refractivity contribution in [2.45, 2.75) is 29.6 Å². The second kappa shape index (κ2) is 11.5. The predicted octanol–water partition coefficient (Wildman–Crippen LogP) is 2.44. The molecule has 3 N–H and O–H groups in total. The smallest absolute Gasteiger partial charge is 0.240 e. The first-order chi connectivity index (χ1) is 16.0. The molecule has 1 amide bonds. The molecule has 14 heteroatoms. The van der Waals surface area contributed by atoms with Crippen LogP contribution < -0.4 is 14.8 Å². The van der Waals surface area contributed by atoms with Gasteiger partial charge in [0.05, 0.1) is 9.79 Å². The molecule has 0 radical (unpaired) electrons. The monoisotopic (exact) mass is 587 g/mol. The largest absolute Gasteiger partial charge is 0.300 e. The topological polar surface area (TPSA) is 147 Å². The molecule has 0 spiro atoms. The number of hydrogen-bond donors (Lipinski definition) is 3. The van der Waals surface area contributed by atoms with Crippen LogP contribution in [0.2, 0.25) is 0 Å². The Morgan fingerprint density at radius 2 is 1.44 bits per heavy atom. The van der Waals surface area contributed by atoms with Crippen molar-refractivity contribution < 1.29 is 21.6 Å². The van der Waals surface area contributed by atoms with Crippen molar-refractivity contribution in [1.82, 2.24) is 19.6 Å². The fourth-order valence-corrected chi connectivity index (χ4v) is 5.76. The summed E-state index contributed by atoms with van der Waals surface area (Å²) in [5, 5.41) is 11.2. The van der Waals surface area contributed by atoms with Crippen molar-refractivity contribution in [3.05, 3.63) is 63.6 Å². The maximum atomic E-state index is 12.3. The fraction of sp³-hybridized carbons (Fsp3) is 0.250. The Bertz CT molecular complexity index is 1340. The predicted molar refractivity (Wildman–Crippen MR) is 133 cm³/mol. The van der Waals surface area contributed by atoms with Gasteiger partial charge < -0.3 is 5.32 Å². The number of carbonyl (C=O) groups excluding carboxylic acids is 1. The molecular formula is C20H22BrN5O5S3. The number of rotatable bonds is 11. The summed E-state index contributed by atoms with van der Waals surface area (Å²) < 4.78 is 54.7.